The number of carbonyl (C=O) groups excluding carboxylic acids is 3. The van der Waals surface area contributed by atoms with Gasteiger partial charge in [0.2, 0.25) is 0 Å². The molecule has 2 aliphatic rings. The Bertz CT molecular complexity index is 1060. The van der Waals surface area contributed by atoms with Crippen LogP contribution in [0.4, 0.5) is 15.3 Å². The van der Waals surface area contributed by atoms with E-state index in [0.29, 0.717) is 30.9 Å². The molecule has 0 spiro atoms. The van der Waals surface area contributed by atoms with E-state index in [1.54, 1.807) is 31.4 Å². The third-order valence-electron chi connectivity index (χ3n) is 6.78. The summed E-state index contributed by atoms with van der Waals surface area (Å²) in [5.41, 5.74) is 7.40. The van der Waals surface area contributed by atoms with E-state index in [9.17, 15) is 14.4 Å². The van der Waals surface area contributed by atoms with Gasteiger partial charge in [-0.25, -0.2) is 9.59 Å². The Labute approximate surface area is 217 Å². The zero-order chi connectivity index (χ0) is 26.2. The highest BCUT2D eigenvalue weighted by Gasteiger charge is 2.42. The Morgan fingerprint density at radius 1 is 0.946 bits per heavy atom. The Balaban J connectivity index is 1.50. The number of nitrogens with zero attached hydrogens (tertiary/aromatic N) is 2. The number of benzene rings is 2. The summed E-state index contributed by atoms with van der Waals surface area (Å²) >= 11 is 0. The monoisotopic (exact) mass is 509 g/mol. The normalized spacial score (nSPS) is 21.6. The van der Waals surface area contributed by atoms with Crippen LogP contribution in [0.3, 0.4) is 0 Å². The minimum atomic E-state index is -1.13. The fourth-order valence-electron chi connectivity index (χ4n) is 4.72. The fourth-order valence-corrected chi connectivity index (χ4v) is 4.72. The standard InChI is InChI=1S/C27H35N5O5/c1-36-23-14-12-22(13-15-23)30-26(34)31-16-5-17-32(27(35)37-18-19-6-3-2-4-7-19)25(31)24(33)29-21-10-8-20(28)9-11-21/h2-4,6-7,12-15,20-21,25H,5,8-11,16-18,28H2,1H3,(H,29,33)(H,30,34). The number of amides is 4. The van der Waals surface area contributed by atoms with Crippen LogP contribution < -0.4 is 21.1 Å². The van der Waals surface area contributed by atoms with E-state index in [2.05, 4.69) is 10.6 Å². The highest BCUT2D eigenvalue weighted by molar-refractivity contribution is 5.95. The third kappa shape index (κ3) is 6.91. The maximum absolute atomic E-state index is 13.6. The largest absolute Gasteiger partial charge is 0.497 e. The molecule has 4 amide bonds. The van der Waals surface area contributed by atoms with Gasteiger partial charge in [0.25, 0.3) is 5.91 Å². The lowest BCUT2D eigenvalue weighted by atomic mass is 9.92. The number of ether oxygens (including phenoxy) is 2. The van der Waals surface area contributed by atoms with Gasteiger partial charge >= 0.3 is 12.1 Å². The van der Waals surface area contributed by atoms with Crippen molar-refractivity contribution in [1.82, 2.24) is 15.1 Å². The van der Waals surface area contributed by atoms with Crippen LogP contribution in [0.25, 0.3) is 0 Å². The molecule has 1 atom stereocenters. The van der Waals surface area contributed by atoms with Crippen molar-refractivity contribution in [3.63, 3.8) is 0 Å². The minimum absolute atomic E-state index is 0.0529. The second kappa shape index (κ2) is 12.4. The summed E-state index contributed by atoms with van der Waals surface area (Å²) in [6, 6.07) is 15.8. The minimum Gasteiger partial charge on any atom is -0.497 e. The number of hydrogen-bond acceptors (Lipinski definition) is 6. The molecule has 1 aliphatic heterocycles. The Kier molecular flexibility index (Phi) is 8.84. The lowest BCUT2D eigenvalue weighted by molar-refractivity contribution is -0.133. The molecule has 1 saturated heterocycles. The van der Waals surface area contributed by atoms with Gasteiger partial charge in [-0.15, -0.1) is 0 Å². The molecule has 1 aliphatic carbocycles. The van der Waals surface area contributed by atoms with E-state index in [0.717, 1.165) is 31.2 Å². The van der Waals surface area contributed by atoms with Crippen LogP contribution in [0.15, 0.2) is 54.6 Å². The summed E-state index contributed by atoms with van der Waals surface area (Å²) in [4.78, 5) is 42.8. The number of nitrogens with one attached hydrogen (secondary N) is 2. The molecule has 1 saturated carbocycles. The number of urea groups is 1. The molecule has 10 heteroatoms. The molecule has 2 aromatic rings. The lowest BCUT2D eigenvalue weighted by Gasteiger charge is -2.42. The van der Waals surface area contributed by atoms with Gasteiger partial charge in [0.1, 0.15) is 12.4 Å². The predicted octanol–water partition coefficient (Wildman–Crippen LogP) is 3.28. The molecule has 1 heterocycles. The van der Waals surface area contributed by atoms with Crippen molar-refractivity contribution >= 4 is 23.7 Å². The summed E-state index contributed by atoms with van der Waals surface area (Å²) in [7, 11) is 1.57. The zero-order valence-corrected chi connectivity index (χ0v) is 21.1. The first kappa shape index (κ1) is 26.3. The number of hydrogen-bond donors (Lipinski definition) is 3. The molecule has 0 aromatic heterocycles. The molecule has 2 aromatic carbocycles. The quantitative estimate of drug-likeness (QED) is 0.549. The predicted molar refractivity (Wildman–Crippen MR) is 139 cm³/mol. The second-order valence-electron chi connectivity index (χ2n) is 9.43. The lowest BCUT2D eigenvalue weighted by Crippen LogP contribution is -2.65. The van der Waals surface area contributed by atoms with Crippen LogP contribution >= 0.6 is 0 Å². The zero-order valence-electron chi connectivity index (χ0n) is 21.1. The SMILES string of the molecule is COc1ccc(NC(=O)N2CCCN(C(=O)OCc3ccccc3)C2C(=O)NC2CCC(N)CC2)cc1. The van der Waals surface area contributed by atoms with Crippen molar-refractivity contribution in [2.45, 2.75) is 57.0 Å². The second-order valence-corrected chi connectivity index (χ2v) is 9.43. The van der Waals surface area contributed by atoms with Crippen LogP contribution in [0.5, 0.6) is 5.75 Å². The average Bonchev–Trinajstić information content (AvgIpc) is 2.93. The average molecular weight is 510 g/mol. The smallest absolute Gasteiger partial charge is 0.412 e. The van der Waals surface area contributed by atoms with Gasteiger partial charge in [-0.05, 0) is 61.9 Å². The van der Waals surface area contributed by atoms with E-state index in [-0.39, 0.29) is 18.7 Å². The highest BCUT2D eigenvalue weighted by atomic mass is 16.6. The molecule has 4 rings (SSSR count). The highest BCUT2D eigenvalue weighted by Crippen LogP contribution is 2.22. The maximum atomic E-state index is 13.6. The number of carbonyl (C=O) groups is 3. The Hall–Kier alpha value is -3.79. The Morgan fingerprint density at radius 3 is 2.30 bits per heavy atom. The van der Waals surface area contributed by atoms with Crippen molar-refractivity contribution < 1.29 is 23.9 Å². The summed E-state index contributed by atoms with van der Waals surface area (Å²) in [5.74, 6) is 0.259. The van der Waals surface area contributed by atoms with Gasteiger partial charge in [0, 0.05) is 30.9 Å². The van der Waals surface area contributed by atoms with Crippen LogP contribution in [0.1, 0.15) is 37.7 Å². The van der Waals surface area contributed by atoms with Gasteiger partial charge in [-0.1, -0.05) is 30.3 Å². The van der Waals surface area contributed by atoms with E-state index < -0.39 is 24.2 Å². The van der Waals surface area contributed by atoms with E-state index in [1.165, 1.54) is 9.80 Å². The van der Waals surface area contributed by atoms with Gasteiger partial charge in [0.05, 0.1) is 7.11 Å². The molecular formula is C27H35N5O5. The summed E-state index contributed by atoms with van der Waals surface area (Å²) in [6.07, 6.45) is 1.90. The van der Waals surface area contributed by atoms with Crippen molar-refractivity contribution in [2.24, 2.45) is 5.73 Å². The molecule has 198 valence electrons. The maximum Gasteiger partial charge on any atom is 0.412 e. The fraction of sp³-hybridized carbons (Fsp3) is 0.444. The van der Waals surface area contributed by atoms with Crippen LogP contribution in [0.2, 0.25) is 0 Å². The Morgan fingerprint density at radius 2 is 1.62 bits per heavy atom. The van der Waals surface area contributed by atoms with Crippen LogP contribution in [0, 0.1) is 0 Å². The van der Waals surface area contributed by atoms with Crippen molar-refractivity contribution in [3.8, 4) is 5.75 Å². The number of rotatable bonds is 6. The topological polar surface area (TPSA) is 126 Å². The molecule has 1 unspecified atom stereocenters. The van der Waals surface area contributed by atoms with E-state index in [1.807, 2.05) is 30.3 Å². The molecule has 37 heavy (non-hydrogen) atoms. The van der Waals surface area contributed by atoms with Gasteiger partial charge in [0.15, 0.2) is 6.17 Å². The molecule has 4 N–H and O–H groups in total. The first-order chi connectivity index (χ1) is 17.9. The molecular weight excluding hydrogens is 474 g/mol. The number of nitrogens with two attached hydrogens (primary N) is 1. The molecule has 2 fully saturated rings. The van der Waals surface area contributed by atoms with Crippen LogP contribution in [-0.4, -0.2) is 66.3 Å². The van der Waals surface area contributed by atoms with Crippen molar-refractivity contribution in [1.29, 1.82) is 0 Å². The van der Waals surface area contributed by atoms with E-state index in [4.69, 9.17) is 15.2 Å². The van der Waals surface area contributed by atoms with E-state index >= 15 is 0 Å². The number of anilines is 1. The van der Waals surface area contributed by atoms with Crippen LogP contribution in [-0.2, 0) is 16.1 Å². The molecule has 0 bridgehead atoms. The summed E-state index contributed by atoms with van der Waals surface area (Å²) in [6.45, 7) is 0.689. The first-order valence-corrected chi connectivity index (χ1v) is 12.7. The summed E-state index contributed by atoms with van der Waals surface area (Å²) in [5, 5.41) is 5.88. The molecule has 0 radical (unpaired) electrons. The molecule has 10 nitrogen and oxygen atoms in total. The third-order valence-corrected chi connectivity index (χ3v) is 6.78. The van der Waals surface area contributed by atoms with Crippen molar-refractivity contribution in [2.75, 3.05) is 25.5 Å². The van der Waals surface area contributed by atoms with Crippen molar-refractivity contribution in [3.05, 3.63) is 60.2 Å². The summed E-state index contributed by atoms with van der Waals surface area (Å²) < 4.78 is 10.7. The first-order valence-electron chi connectivity index (χ1n) is 12.7. The number of methoxy groups -OCH3 is 1. The van der Waals surface area contributed by atoms with Gasteiger partial charge in [-0.2, -0.15) is 0 Å². The van der Waals surface area contributed by atoms with Gasteiger partial charge < -0.3 is 25.8 Å². The van der Waals surface area contributed by atoms with Gasteiger partial charge in [-0.3, -0.25) is 14.6 Å².